The highest BCUT2D eigenvalue weighted by molar-refractivity contribution is 5.35. The summed E-state index contributed by atoms with van der Waals surface area (Å²) in [6, 6.07) is 8.88. The number of hydrogen-bond acceptors (Lipinski definition) is 2. The van der Waals surface area contributed by atoms with Crippen molar-refractivity contribution in [2.45, 2.75) is 32.4 Å². The minimum atomic E-state index is 0.869. The molecule has 0 atom stereocenters. The van der Waals surface area contributed by atoms with E-state index in [0.717, 1.165) is 13.1 Å². The van der Waals surface area contributed by atoms with Crippen molar-refractivity contribution in [3.63, 3.8) is 0 Å². The summed E-state index contributed by atoms with van der Waals surface area (Å²) in [5.74, 6) is 0. The van der Waals surface area contributed by atoms with Crippen molar-refractivity contribution in [3.05, 3.63) is 59.0 Å². The number of rotatable bonds is 4. The number of fused-ring (bicyclic) bond motifs is 1. The molecule has 0 unspecified atom stereocenters. The van der Waals surface area contributed by atoms with Gasteiger partial charge in [-0.05, 0) is 42.0 Å². The molecule has 2 aromatic rings. The smallest absolute Gasteiger partial charge is 0.0947 e. The van der Waals surface area contributed by atoms with Gasteiger partial charge in [0, 0.05) is 18.7 Å². The average Bonchev–Trinajstić information content (AvgIpc) is 2.98. The quantitative estimate of drug-likeness (QED) is 0.868. The van der Waals surface area contributed by atoms with Crippen LogP contribution < -0.4 is 5.32 Å². The topological polar surface area (TPSA) is 25.2 Å². The molecule has 1 aromatic carbocycles. The average molecular weight is 227 g/mol. The van der Waals surface area contributed by atoms with E-state index >= 15 is 0 Å². The summed E-state index contributed by atoms with van der Waals surface area (Å²) in [6.07, 6.45) is 7.34. The van der Waals surface area contributed by atoms with E-state index in [1.807, 2.05) is 6.07 Å². The van der Waals surface area contributed by atoms with Gasteiger partial charge in [-0.25, -0.2) is 0 Å². The highest BCUT2D eigenvalue weighted by Gasteiger charge is 2.10. The number of furan rings is 1. The van der Waals surface area contributed by atoms with Gasteiger partial charge in [-0.15, -0.1) is 0 Å². The van der Waals surface area contributed by atoms with Gasteiger partial charge in [-0.1, -0.05) is 18.2 Å². The van der Waals surface area contributed by atoms with E-state index in [9.17, 15) is 0 Å². The maximum Gasteiger partial charge on any atom is 0.0947 e. The van der Waals surface area contributed by atoms with E-state index in [1.54, 1.807) is 23.7 Å². The second-order valence-corrected chi connectivity index (χ2v) is 4.69. The van der Waals surface area contributed by atoms with Gasteiger partial charge in [0.1, 0.15) is 0 Å². The van der Waals surface area contributed by atoms with Crippen molar-refractivity contribution in [1.82, 2.24) is 5.32 Å². The molecule has 2 heteroatoms. The highest BCUT2D eigenvalue weighted by atomic mass is 16.3. The van der Waals surface area contributed by atoms with Gasteiger partial charge in [-0.3, -0.25) is 0 Å². The van der Waals surface area contributed by atoms with Crippen molar-refractivity contribution in [1.29, 1.82) is 0 Å². The highest BCUT2D eigenvalue weighted by Crippen LogP contribution is 2.22. The molecule has 17 heavy (non-hydrogen) atoms. The van der Waals surface area contributed by atoms with Crippen molar-refractivity contribution >= 4 is 0 Å². The Balaban J connectivity index is 1.58. The Kier molecular flexibility index (Phi) is 2.97. The molecule has 1 aromatic heterocycles. The first-order valence-corrected chi connectivity index (χ1v) is 6.24. The fraction of sp³-hybridized carbons (Fsp3) is 0.333. The lowest BCUT2D eigenvalue weighted by Gasteiger charge is -2.06. The predicted molar refractivity (Wildman–Crippen MR) is 67.7 cm³/mol. The zero-order valence-corrected chi connectivity index (χ0v) is 9.91. The van der Waals surface area contributed by atoms with Gasteiger partial charge in [0.25, 0.3) is 0 Å². The van der Waals surface area contributed by atoms with E-state index in [4.69, 9.17) is 4.42 Å². The van der Waals surface area contributed by atoms with Gasteiger partial charge in [0.15, 0.2) is 0 Å². The Morgan fingerprint density at radius 3 is 2.76 bits per heavy atom. The van der Waals surface area contributed by atoms with Crippen molar-refractivity contribution in [2.75, 3.05) is 0 Å². The van der Waals surface area contributed by atoms with E-state index in [1.165, 1.54) is 30.4 Å². The van der Waals surface area contributed by atoms with Crippen LogP contribution in [0.2, 0.25) is 0 Å². The molecule has 0 bridgehead atoms. The largest absolute Gasteiger partial charge is 0.472 e. The summed E-state index contributed by atoms with van der Waals surface area (Å²) < 4.78 is 5.04. The van der Waals surface area contributed by atoms with E-state index in [0.29, 0.717) is 0 Å². The van der Waals surface area contributed by atoms with Gasteiger partial charge >= 0.3 is 0 Å². The Labute approximate surface area is 102 Å². The monoisotopic (exact) mass is 227 g/mol. The van der Waals surface area contributed by atoms with Crippen molar-refractivity contribution < 1.29 is 4.42 Å². The van der Waals surface area contributed by atoms with Gasteiger partial charge in [0.05, 0.1) is 12.5 Å². The lowest BCUT2D eigenvalue weighted by atomic mass is 10.1. The normalized spacial score (nSPS) is 13.9. The van der Waals surface area contributed by atoms with Crippen LogP contribution in [0, 0.1) is 0 Å². The summed E-state index contributed by atoms with van der Waals surface area (Å²) in [6.45, 7) is 1.80. The zero-order chi connectivity index (χ0) is 11.5. The third-order valence-corrected chi connectivity index (χ3v) is 3.40. The van der Waals surface area contributed by atoms with Crippen LogP contribution in [-0.2, 0) is 25.9 Å². The number of nitrogens with one attached hydrogen (secondary N) is 1. The van der Waals surface area contributed by atoms with Gasteiger partial charge < -0.3 is 9.73 Å². The van der Waals surface area contributed by atoms with E-state index in [2.05, 4.69) is 23.5 Å². The van der Waals surface area contributed by atoms with Crippen LogP contribution in [0.1, 0.15) is 28.7 Å². The molecule has 0 saturated heterocycles. The van der Waals surface area contributed by atoms with Crippen LogP contribution in [0.3, 0.4) is 0 Å². The fourth-order valence-corrected chi connectivity index (χ4v) is 2.48. The Morgan fingerprint density at radius 1 is 1.00 bits per heavy atom. The second kappa shape index (κ2) is 4.76. The summed E-state index contributed by atoms with van der Waals surface area (Å²) in [7, 11) is 0. The first-order chi connectivity index (χ1) is 8.42. The number of aryl methyl sites for hydroxylation is 2. The predicted octanol–water partition coefficient (Wildman–Crippen LogP) is 3.06. The summed E-state index contributed by atoms with van der Waals surface area (Å²) in [4.78, 5) is 0. The molecular formula is C15H17NO. The van der Waals surface area contributed by atoms with Crippen molar-refractivity contribution in [3.8, 4) is 0 Å². The molecule has 0 saturated carbocycles. The van der Waals surface area contributed by atoms with Crippen LogP contribution in [-0.4, -0.2) is 0 Å². The molecule has 0 radical (unpaired) electrons. The lowest BCUT2D eigenvalue weighted by molar-refractivity contribution is 0.560. The Bertz CT molecular complexity index is 488. The third-order valence-electron chi connectivity index (χ3n) is 3.40. The van der Waals surface area contributed by atoms with Crippen molar-refractivity contribution in [2.24, 2.45) is 0 Å². The van der Waals surface area contributed by atoms with Gasteiger partial charge in [-0.2, -0.15) is 0 Å². The first kappa shape index (κ1) is 10.6. The molecule has 1 heterocycles. The molecule has 1 N–H and O–H groups in total. The van der Waals surface area contributed by atoms with E-state index in [-0.39, 0.29) is 0 Å². The second-order valence-electron chi connectivity index (χ2n) is 4.69. The summed E-state index contributed by atoms with van der Waals surface area (Å²) >= 11 is 0. The first-order valence-electron chi connectivity index (χ1n) is 6.24. The minimum Gasteiger partial charge on any atom is -0.472 e. The third kappa shape index (κ3) is 2.42. The van der Waals surface area contributed by atoms with Crippen LogP contribution in [0.15, 0.2) is 41.2 Å². The van der Waals surface area contributed by atoms with Crippen LogP contribution in [0.25, 0.3) is 0 Å². The maximum absolute atomic E-state index is 5.04. The Hall–Kier alpha value is -1.54. The summed E-state index contributed by atoms with van der Waals surface area (Å²) in [5.41, 5.74) is 5.68. The molecule has 88 valence electrons. The molecule has 0 amide bonds. The number of benzene rings is 1. The SMILES string of the molecule is c1cc(CNCc2ccc3c(c2)CCC3)co1. The fourth-order valence-electron chi connectivity index (χ4n) is 2.48. The molecule has 0 fully saturated rings. The Morgan fingerprint density at radius 2 is 1.88 bits per heavy atom. The molecule has 0 spiro atoms. The summed E-state index contributed by atoms with van der Waals surface area (Å²) in [5, 5.41) is 3.44. The maximum atomic E-state index is 5.04. The van der Waals surface area contributed by atoms with E-state index < -0.39 is 0 Å². The molecule has 3 rings (SSSR count). The molecule has 1 aliphatic rings. The molecule has 1 aliphatic carbocycles. The lowest BCUT2D eigenvalue weighted by Crippen LogP contribution is -2.12. The standard InChI is InChI=1S/C15H17NO/c1-2-14-5-4-12(8-15(14)3-1)9-16-10-13-6-7-17-11-13/h4-8,11,16H,1-3,9-10H2. The van der Waals surface area contributed by atoms with Gasteiger partial charge in [0.2, 0.25) is 0 Å². The zero-order valence-electron chi connectivity index (χ0n) is 9.91. The number of hydrogen-bond donors (Lipinski definition) is 1. The minimum absolute atomic E-state index is 0.869. The molecular weight excluding hydrogens is 210 g/mol. The van der Waals surface area contributed by atoms with Crippen LogP contribution in [0.4, 0.5) is 0 Å². The molecule has 2 nitrogen and oxygen atoms in total. The molecule has 0 aliphatic heterocycles. The van der Waals surface area contributed by atoms with Crippen LogP contribution in [0.5, 0.6) is 0 Å². The van der Waals surface area contributed by atoms with Crippen LogP contribution >= 0.6 is 0 Å².